The summed E-state index contributed by atoms with van der Waals surface area (Å²) in [6, 6.07) is 2.31. The predicted molar refractivity (Wildman–Crippen MR) is 126 cm³/mol. The Morgan fingerprint density at radius 2 is 1.94 bits per heavy atom. The van der Waals surface area contributed by atoms with Gasteiger partial charge < -0.3 is 16.0 Å². The lowest BCUT2D eigenvalue weighted by Crippen LogP contribution is -2.29. The maximum Gasteiger partial charge on any atom is 0.417 e. The third-order valence-electron chi connectivity index (χ3n) is 5.25. The van der Waals surface area contributed by atoms with Crippen LogP contribution >= 0.6 is 22.9 Å². The van der Waals surface area contributed by atoms with Crippen molar-refractivity contribution >= 4 is 52.2 Å². The number of rotatable bonds is 5. The summed E-state index contributed by atoms with van der Waals surface area (Å²) in [6.45, 7) is 1.68. The first-order valence-electron chi connectivity index (χ1n) is 10.6. The standard InChI is InChI=1S/C22H18ClF3N6O3S/c1-10(30-20(35)17-12-3-2-4-16(33)32-18(12)29-9-28-17)21-27-8-15(36-21)19(34)31-11-5-6-13(14(23)7-11)22(24,25)26/h5-10H,2-4H2,1H3,(H,30,35)(H,31,34)(H,28,29,32,33). The highest BCUT2D eigenvalue weighted by Gasteiger charge is 2.33. The van der Waals surface area contributed by atoms with E-state index in [2.05, 4.69) is 30.9 Å². The molecule has 3 N–H and O–H groups in total. The average Bonchev–Trinajstić information content (AvgIpc) is 3.22. The molecule has 1 aromatic carbocycles. The van der Waals surface area contributed by atoms with E-state index < -0.39 is 34.6 Å². The van der Waals surface area contributed by atoms with Crippen LogP contribution in [0.3, 0.4) is 0 Å². The van der Waals surface area contributed by atoms with Gasteiger partial charge in [-0.1, -0.05) is 11.6 Å². The number of amides is 3. The van der Waals surface area contributed by atoms with Crippen LogP contribution in [0.4, 0.5) is 24.7 Å². The van der Waals surface area contributed by atoms with Crippen LogP contribution in [-0.4, -0.2) is 32.7 Å². The van der Waals surface area contributed by atoms with E-state index >= 15 is 0 Å². The number of anilines is 2. The predicted octanol–water partition coefficient (Wildman–Crippen LogP) is 4.62. The number of carbonyl (C=O) groups excluding carboxylic acids is 3. The minimum absolute atomic E-state index is 0.0887. The third-order valence-corrected chi connectivity index (χ3v) is 6.74. The fraction of sp³-hybridized carbons (Fsp3) is 0.273. The molecule has 0 radical (unpaired) electrons. The van der Waals surface area contributed by atoms with Crippen molar-refractivity contribution in [3.05, 3.63) is 62.5 Å². The molecule has 0 saturated heterocycles. The Bertz CT molecular complexity index is 1350. The second-order valence-electron chi connectivity index (χ2n) is 7.86. The largest absolute Gasteiger partial charge is 0.417 e. The van der Waals surface area contributed by atoms with Gasteiger partial charge in [-0.2, -0.15) is 13.2 Å². The molecule has 36 heavy (non-hydrogen) atoms. The molecular formula is C22H18ClF3N6O3S. The summed E-state index contributed by atoms with van der Waals surface area (Å²) in [5.41, 5.74) is -0.231. The molecule has 1 unspecified atom stereocenters. The monoisotopic (exact) mass is 538 g/mol. The molecule has 1 aliphatic rings. The van der Waals surface area contributed by atoms with Crippen LogP contribution in [0.5, 0.6) is 0 Å². The minimum Gasteiger partial charge on any atom is -0.342 e. The molecule has 3 aromatic rings. The van der Waals surface area contributed by atoms with E-state index in [1.165, 1.54) is 12.5 Å². The van der Waals surface area contributed by atoms with Gasteiger partial charge in [-0.15, -0.1) is 11.3 Å². The zero-order valence-corrected chi connectivity index (χ0v) is 20.1. The molecule has 9 nitrogen and oxygen atoms in total. The lowest BCUT2D eigenvalue weighted by Gasteiger charge is -2.14. The van der Waals surface area contributed by atoms with Gasteiger partial charge in [0.05, 0.1) is 22.8 Å². The first-order chi connectivity index (χ1) is 17.0. The van der Waals surface area contributed by atoms with Crippen LogP contribution in [0.1, 0.15) is 62.1 Å². The zero-order chi connectivity index (χ0) is 26.0. The van der Waals surface area contributed by atoms with Crippen LogP contribution in [0.2, 0.25) is 5.02 Å². The number of alkyl halides is 3. The van der Waals surface area contributed by atoms with E-state index in [1.807, 2.05) is 0 Å². The van der Waals surface area contributed by atoms with Gasteiger partial charge in [-0.25, -0.2) is 15.0 Å². The summed E-state index contributed by atoms with van der Waals surface area (Å²) in [4.78, 5) is 49.7. The Morgan fingerprint density at radius 1 is 1.17 bits per heavy atom. The van der Waals surface area contributed by atoms with E-state index in [0.29, 0.717) is 35.7 Å². The maximum atomic E-state index is 12.9. The first kappa shape index (κ1) is 25.5. The number of nitrogens with one attached hydrogen (secondary N) is 3. The Hall–Kier alpha value is -3.58. The van der Waals surface area contributed by atoms with E-state index in [4.69, 9.17) is 11.6 Å². The van der Waals surface area contributed by atoms with Crippen molar-refractivity contribution in [2.75, 3.05) is 10.6 Å². The van der Waals surface area contributed by atoms with Crippen molar-refractivity contribution in [2.45, 2.75) is 38.4 Å². The van der Waals surface area contributed by atoms with Crippen LogP contribution in [0.25, 0.3) is 0 Å². The SMILES string of the molecule is CC(NC(=O)c1ncnc2c1CCCC(=O)N2)c1ncc(C(=O)Nc2ccc(C(F)(F)F)c(Cl)c2)s1. The molecule has 1 atom stereocenters. The van der Waals surface area contributed by atoms with Crippen molar-refractivity contribution in [3.8, 4) is 0 Å². The van der Waals surface area contributed by atoms with E-state index in [-0.39, 0.29) is 22.2 Å². The molecule has 2 aromatic heterocycles. The van der Waals surface area contributed by atoms with Gasteiger partial charge in [0.2, 0.25) is 5.91 Å². The highest BCUT2D eigenvalue weighted by Crippen LogP contribution is 2.36. The van der Waals surface area contributed by atoms with Crippen LogP contribution in [-0.2, 0) is 17.4 Å². The molecule has 0 saturated carbocycles. The molecule has 0 spiro atoms. The molecule has 188 valence electrons. The van der Waals surface area contributed by atoms with E-state index in [1.54, 1.807) is 6.92 Å². The van der Waals surface area contributed by atoms with Crippen LogP contribution < -0.4 is 16.0 Å². The Morgan fingerprint density at radius 3 is 2.67 bits per heavy atom. The van der Waals surface area contributed by atoms with Crippen molar-refractivity contribution < 1.29 is 27.6 Å². The molecule has 0 bridgehead atoms. The van der Waals surface area contributed by atoms with Crippen molar-refractivity contribution in [2.24, 2.45) is 0 Å². The number of hydrogen-bond acceptors (Lipinski definition) is 7. The van der Waals surface area contributed by atoms with Gasteiger partial charge in [0, 0.05) is 17.7 Å². The van der Waals surface area contributed by atoms with E-state index in [0.717, 1.165) is 29.5 Å². The highest BCUT2D eigenvalue weighted by molar-refractivity contribution is 7.13. The molecule has 3 amide bonds. The first-order valence-corrected chi connectivity index (χ1v) is 11.8. The van der Waals surface area contributed by atoms with Gasteiger partial charge in [0.15, 0.2) is 0 Å². The summed E-state index contributed by atoms with van der Waals surface area (Å²) >= 11 is 6.71. The Kier molecular flexibility index (Phi) is 7.22. The fourth-order valence-electron chi connectivity index (χ4n) is 3.51. The molecule has 0 fully saturated rings. The second kappa shape index (κ2) is 10.2. The Balaban J connectivity index is 1.43. The number of thiazole rings is 1. The highest BCUT2D eigenvalue weighted by atomic mass is 35.5. The summed E-state index contributed by atoms with van der Waals surface area (Å²) in [5.74, 6) is -0.955. The van der Waals surface area contributed by atoms with Crippen molar-refractivity contribution in [1.82, 2.24) is 20.3 Å². The summed E-state index contributed by atoms with van der Waals surface area (Å²) in [5, 5.41) is 7.80. The Labute approximate surface area is 211 Å². The van der Waals surface area contributed by atoms with Gasteiger partial charge in [0.1, 0.15) is 27.7 Å². The number of carbonyl (C=O) groups is 3. The smallest absolute Gasteiger partial charge is 0.342 e. The lowest BCUT2D eigenvalue weighted by molar-refractivity contribution is -0.137. The summed E-state index contributed by atoms with van der Waals surface area (Å²) in [7, 11) is 0. The number of hydrogen-bond donors (Lipinski definition) is 3. The maximum absolute atomic E-state index is 12.9. The number of nitrogens with zero attached hydrogens (tertiary/aromatic N) is 3. The topological polar surface area (TPSA) is 126 Å². The molecule has 4 rings (SSSR count). The zero-order valence-electron chi connectivity index (χ0n) is 18.6. The van der Waals surface area contributed by atoms with Crippen LogP contribution in [0, 0.1) is 0 Å². The number of aromatic nitrogens is 3. The molecule has 14 heteroatoms. The van der Waals surface area contributed by atoms with Gasteiger partial charge >= 0.3 is 6.18 Å². The third kappa shape index (κ3) is 5.62. The molecule has 0 aliphatic carbocycles. The second-order valence-corrected chi connectivity index (χ2v) is 9.33. The molecule has 3 heterocycles. The molecule has 1 aliphatic heterocycles. The number of halogens is 4. The normalized spacial score (nSPS) is 14.3. The minimum atomic E-state index is -4.61. The molecular weight excluding hydrogens is 521 g/mol. The van der Waals surface area contributed by atoms with E-state index in [9.17, 15) is 27.6 Å². The van der Waals surface area contributed by atoms with Crippen molar-refractivity contribution in [1.29, 1.82) is 0 Å². The fourth-order valence-corrected chi connectivity index (χ4v) is 4.61. The number of benzene rings is 1. The van der Waals surface area contributed by atoms with Crippen molar-refractivity contribution in [3.63, 3.8) is 0 Å². The summed E-state index contributed by atoms with van der Waals surface area (Å²) < 4.78 is 38.6. The average molecular weight is 539 g/mol. The van der Waals surface area contributed by atoms with Gasteiger partial charge in [-0.3, -0.25) is 14.4 Å². The summed E-state index contributed by atoms with van der Waals surface area (Å²) in [6.07, 6.45) is -0.778. The lowest BCUT2D eigenvalue weighted by atomic mass is 10.1. The number of fused-ring (bicyclic) bond motifs is 1. The quantitative estimate of drug-likeness (QED) is 0.435. The van der Waals surface area contributed by atoms with Crippen LogP contribution in [0.15, 0.2) is 30.7 Å². The van der Waals surface area contributed by atoms with Gasteiger partial charge in [-0.05, 0) is 38.0 Å². The van der Waals surface area contributed by atoms with Gasteiger partial charge in [0.25, 0.3) is 11.8 Å².